The molecule has 1 aliphatic heterocycles. The van der Waals surface area contributed by atoms with E-state index in [2.05, 4.69) is 4.90 Å². The molecule has 0 aromatic heterocycles. The fourth-order valence-corrected chi connectivity index (χ4v) is 3.27. The molecule has 0 saturated carbocycles. The molecule has 0 bridgehead atoms. The van der Waals surface area contributed by atoms with Gasteiger partial charge in [-0.05, 0) is 31.0 Å². The average molecular weight is 353 g/mol. The fourth-order valence-electron chi connectivity index (χ4n) is 3.27. The summed E-state index contributed by atoms with van der Waals surface area (Å²) in [7, 11) is 0. The zero-order valence-corrected chi connectivity index (χ0v) is 14.9. The van der Waals surface area contributed by atoms with Crippen molar-refractivity contribution < 1.29 is 9.72 Å². The molecule has 6 heteroatoms. The summed E-state index contributed by atoms with van der Waals surface area (Å²) in [5.41, 5.74) is 2.99. The lowest BCUT2D eigenvalue weighted by Gasteiger charge is -2.22. The van der Waals surface area contributed by atoms with Crippen molar-refractivity contribution in [3.8, 4) is 0 Å². The van der Waals surface area contributed by atoms with E-state index >= 15 is 0 Å². The van der Waals surface area contributed by atoms with Crippen LogP contribution in [-0.4, -0.2) is 46.8 Å². The van der Waals surface area contributed by atoms with Crippen LogP contribution in [0.2, 0.25) is 0 Å². The molecular formula is C20H23N3O3. The van der Waals surface area contributed by atoms with Crippen LogP contribution in [0.4, 0.5) is 5.69 Å². The summed E-state index contributed by atoms with van der Waals surface area (Å²) in [6, 6.07) is 14.4. The topological polar surface area (TPSA) is 66.7 Å². The predicted octanol–water partition coefficient (Wildman–Crippen LogP) is 3.25. The van der Waals surface area contributed by atoms with Crippen molar-refractivity contribution in [2.45, 2.75) is 19.9 Å². The number of hydrogen-bond donors (Lipinski definition) is 0. The summed E-state index contributed by atoms with van der Waals surface area (Å²) in [6.07, 6.45) is 0.921. The van der Waals surface area contributed by atoms with E-state index in [1.54, 1.807) is 24.3 Å². The third-order valence-corrected chi connectivity index (χ3v) is 4.69. The Morgan fingerprint density at radius 3 is 2.54 bits per heavy atom. The molecule has 2 aromatic carbocycles. The van der Waals surface area contributed by atoms with E-state index in [1.807, 2.05) is 36.1 Å². The van der Waals surface area contributed by atoms with Gasteiger partial charge in [-0.15, -0.1) is 0 Å². The number of amides is 1. The van der Waals surface area contributed by atoms with Crippen molar-refractivity contribution in [2.75, 3.05) is 26.2 Å². The summed E-state index contributed by atoms with van der Waals surface area (Å²) in [5, 5.41) is 10.7. The zero-order chi connectivity index (χ0) is 18.5. The number of rotatable bonds is 4. The highest BCUT2D eigenvalue weighted by Gasteiger charge is 2.20. The van der Waals surface area contributed by atoms with Crippen LogP contribution in [0.25, 0.3) is 0 Å². The molecule has 3 rings (SSSR count). The maximum Gasteiger partial charge on any atom is 0.269 e. The Morgan fingerprint density at radius 1 is 1.08 bits per heavy atom. The molecule has 0 aliphatic carbocycles. The van der Waals surface area contributed by atoms with E-state index in [4.69, 9.17) is 0 Å². The second-order valence-electron chi connectivity index (χ2n) is 6.71. The Hall–Kier alpha value is -2.73. The second-order valence-corrected chi connectivity index (χ2v) is 6.71. The van der Waals surface area contributed by atoms with Gasteiger partial charge in [0, 0.05) is 50.4 Å². The third kappa shape index (κ3) is 4.46. The predicted molar refractivity (Wildman–Crippen MR) is 100 cm³/mol. The fraction of sp³-hybridized carbons (Fsp3) is 0.350. The first-order valence-electron chi connectivity index (χ1n) is 8.84. The quantitative estimate of drug-likeness (QED) is 0.625. The SMILES string of the molecule is Cc1cccc(C(=O)N2CCCN(Cc3ccc([N+](=O)[O-])cc3)CC2)c1. The smallest absolute Gasteiger partial charge is 0.269 e. The first-order valence-corrected chi connectivity index (χ1v) is 8.84. The van der Waals surface area contributed by atoms with E-state index in [-0.39, 0.29) is 16.5 Å². The van der Waals surface area contributed by atoms with E-state index in [0.717, 1.165) is 49.3 Å². The molecule has 1 heterocycles. The number of non-ortho nitro benzene ring substituents is 1. The average Bonchev–Trinajstić information content (AvgIpc) is 2.87. The number of carbonyl (C=O) groups excluding carboxylic acids is 1. The summed E-state index contributed by atoms with van der Waals surface area (Å²) in [4.78, 5) is 27.3. The van der Waals surface area contributed by atoms with Gasteiger partial charge in [0.15, 0.2) is 0 Å². The monoisotopic (exact) mass is 353 g/mol. The first-order chi connectivity index (χ1) is 12.5. The van der Waals surface area contributed by atoms with Crippen molar-refractivity contribution in [3.05, 3.63) is 75.3 Å². The molecule has 0 unspecified atom stereocenters. The normalized spacial score (nSPS) is 15.5. The summed E-state index contributed by atoms with van der Waals surface area (Å²) in [6.45, 7) is 5.89. The van der Waals surface area contributed by atoms with Gasteiger partial charge in [-0.3, -0.25) is 19.8 Å². The van der Waals surface area contributed by atoms with Gasteiger partial charge < -0.3 is 4.90 Å². The number of benzene rings is 2. The summed E-state index contributed by atoms with van der Waals surface area (Å²) in [5.74, 6) is 0.0888. The number of nitrogens with zero attached hydrogens (tertiary/aromatic N) is 3. The standard InChI is InChI=1S/C20H23N3O3/c1-16-4-2-5-18(14-16)20(24)22-11-3-10-21(12-13-22)15-17-6-8-19(9-7-17)23(25)26/h2,4-9,14H,3,10-13,15H2,1H3. The molecule has 0 spiro atoms. The molecule has 0 radical (unpaired) electrons. The Bertz CT molecular complexity index is 789. The van der Waals surface area contributed by atoms with Gasteiger partial charge in [0.2, 0.25) is 0 Å². The highest BCUT2D eigenvalue weighted by Crippen LogP contribution is 2.16. The van der Waals surface area contributed by atoms with Gasteiger partial charge in [0.05, 0.1) is 4.92 Å². The Kier molecular flexibility index (Phi) is 5.63. The van der Waals surface area contributed by atoms with Crippen LogP contribution in [-0.2, 0) is 6.54 Å². The van der Waals surface area contributed by atoms with Crippen molar-refractivity contribution in [3.63, 3.8) is 0 Å². The van der Waals surface area contributed by atoms with Gasteiger partial charge in [-0.1, -0.05) is 29.8 Å². The first kappa shape index (κ1) is 18.1. The third-order valence-electron chi connectivity index (χ3n) is 4.69. The van der Waals surface area contributed by atoms with E-state index in [0.29, 0.717) is 6.54 Å². The molecule has 136 valence electrons. The number of carbonyl (C=O) groups is 1. The summed E-state index contributed by atoms with van der Waals surface area (Å²) < 4.78 is 0. The minimum absolute atomic E-state index is 0.0888. The molecule has 26 heavy (non-hydrogen) atoms. The maximum absolute atomic E-state index is 12.7. The molecule has 6 nitrogen and oxygen atoms in total. The highest BCUT2D eigenvalue weighted by molar-refractivity contribution is 5.94. The minimum atomic E-state index is -0.384. The van der Waals surface area contributed by atoms with Crippen LogP contribution in [0.3, 0.4) is 0 Å². The Labute approximate surface area is 153 Å². The van der Waals surface area contributed by atoms with Crippen molar-refractivity contribution in [1.29, 1.82) is 0 Å². The molecule has 1 fully saturated rings. The lowest BCUT2D eigenvalue weighted by atomic mass is 10.1. The molecule has 0 N–H and O–H groups in total. The maximum atomic E-state index is 12.7. The molecule has 2 aromatic rings. The molecular weight excluding hydrogens is 330 g/mol. The lowest BCUT2D eigenvalue weighted by molar-refractivity contribution is -0.384. The van der Waals surface area contributed by atoms with Crippen LogP contribution in [0, 0.1) is 17.0 Å². The van der Waals surface area contributed by atoms with Crippen LogP contribution < -0.4 is 0 Å². The van der Waals surface area contributed by atoms with Crippen molar-refractivity contribution in [2.24, 2.45) is 0 Å². The van der Waals surface area contributed by atoms with Crippen LogP contribution >= 0.6 is 0 Å². The molecule has 1 amide bonds. The Morgan fingerprint density at radius 2 is 1.85 bits per heavy atom. The minimum Gasteiger partial charge on any atom is -0.337 e. The molecule has 1 saturated heterocycles. The van der Waals surface area contributed by atoms with Crippen molar-refractivity contribution in [1.82, 2.24) is 9.80 Å². The molecule has 0 atom stereocenters. The van der Waals surface area contributed by atoms with E-state index in [1.165, 1.54) is 0 Å². The number of aryl methyl sites for hydroxylation is 1. The van der Waals surface area contributed by atoms with Crippen LogP contribution in [0.1, 0.15) is 27.9 Å². The number of nitro groups is 1. The van der Waals surface area contributed by atoms with Crippen molar-refractivity contribution >= 4 is 11.6 Å². The van der Waals surface area contributed by atoms with Crippen LogP contribution in [0.15, 0.2) is 48.5 Å². The molecule has 1 aliphatic rings. The van der Waals surface area contributed by atoms with Gasteiger partial charge in [-0.25, -0.2) is 0 Å². The van der Waals surface area contributed by atoms with Gasteiger partial charge in [0.25, 0.3) is 11.6 Å². The number of nitro benzene ring substituents is 1. The van der Waals surface area contributed by atoms with E-state index < -0.39 is 0 Å². The van der Waals surface area contributed by atoms with Gasteiger partial charge >= 0.3 is 0 Å². The number of hydrogen-bond acceptors (Lipinski definition) is 4. The van der Waals surface area contributed by atoms with Crippen LogP contribution in [0.5, 0.6) is 0 Å². The van der Waals surface area contributed by atoms with E-state index in [9.17, 15) is 14.9 Å². The van der Waals surface area contributed by atoms with Gasteiger partial charge in [-0.2, -0.15) is 0 Å². The zero-order valence-electron chi connectivity index (χ0n) is 14.9. The summed E-state index contributed by atoms with van der Waals surface area (Å²) >= 11 is 0. The largest absolute Gasteiger partial charge is 0.337 e. The Balaban J connectivity index is 1.59. The second kappa shape index (κ2) is 8.10. The lowest BCUT2D eigenvalue weighted by Crippen LogP contribution is -2.35. The van der Waals surface area contributed by atoms with Gasteiger partial charge in [0.1, 0.15) is 0 Å². The highest BCUT2D eigenvalue weighted by atomic mass is 16.6.